The Labute approximate surface area is 137 Å². The lowest BCUT2D eigenvalue weighted by molar-refractivity contribution is 0.436. The first-order valence-corrected chi connectivity index (χ1v) is 8.21. The number of piperidine rings is 1. The summed E-state index contributed by atoms with van der Waals surface area (Å²) in [4.78, 5) is 6.96. The number of rotatable bonds is 3. The predicted octanol–water partition coefficient (Wildman–Crippen LogP) is 4.83. The Bertz CT molecular complexity index is 698. The van der Waals surface area contributed by atoms with Gasteiger partial charge in [0.1, 0.15) is 11.6 Å². The summed E-state index contributed by atoms with van der Waals surface area (Å²) in [5.41, 5.74) is 3.72. The van der Waals surface area contributed by atoms with E-state index in [2.05, 4.69) is 35.5 Å². The second kappa shape index (κ2) is 6.53. The minimum Gasteiger partial charge on any atom is -0.357 e. The van der Waals surface area contributed by atoms with Crippen LogP contribution in [-0.2, 0) is 0 Å². The van der Waals surface area contributed by atoms with Gasteiger partial charge in [-0.3, -0.25) is 0 Å². The second-order valence-electron chi connectivity index (χ2n) is 6.51. The van der Waals surface area contributed by atoms with Crippen molar-refractivity contribution in [3.8, 4) is 0 Å². The minimum atomic E-state index is -0.216. The molecule has 1 saturated heterocycles. The van der Waals surface area contributed by atoms with Crippen LogP contribution in [-0.4, -0.2) is 18.1 Å². The largest absolute Gasteiger partial charge is 0.357 e. The zero-order valence-electron chi connectivity index (χ0n) is 13.8. The van der Waals surface area contributed by atoms with Gasteiger partial charge < -0.3 is 4.90 Å². The van der Waals surface area contributed by atoms with Crippen LogP contribution in [0.2, 0.25) is 0 Å². The van der Waals surface area contributed by atoms with Crippen molar-refractivity contribution in [2.24, 2.45) is 5.92 Å². The van der Waals surface area contributed by atoms with Crippen molar-refractivity contribution in [3.63, 3.8) is 0 Å². The van der Waals surface area contributed by atoms with Crippen LogP contribution in [0.3, 0.4) is 0 Å². The molecule has 0 atom stereocenters. The Morgan fingerprint density at radius 3 is 2.57 bits per heavy atom. The molecule has 0 saturated carbocycles. The molecule has 0 amide bonds. The van der Waals surface area contributed by atoms with Crippen LogP contribution in [0.25, 0.3) is 5.57 Å². The Kier molecular flexibility index (Phi) is 4.46. The summed E-state index contributed by atoms with van der Waals surface area (Å²) in [5.74, 6) is 1.63. The fourth-order valence-electron chi connectivity index (χ4n) is 3.11. The third kappa shape index (κ3) is 3.44. The van der Waals surface area contributed by atoms with Crippen molar-refractivity contribution in [3.05, 3.63) is 65.6 Å². The van der Waals surface area contributed by atoms with Crippen molar-refractivity contribution < 1.29 is 4.39 Å². The lowest BCUT2D eigenvalue weighted by Gasteiger charge is -2.31. The molecule has 0 unspecified atom stereocenters. The Balaban J connectivity index is 1.77. The SMILES string of the molecule is C=C(c1ccc(N2CCC(C)CC2)nc1)c1ccc(F)cc1C. The zero-order valence-corrected chi connectivity index (χ0v) is 13.8. The number of anilines is 1. The highest BCUT2D eigenvalue weighted by Crippen LogP contribution is 2.27. The summed E-state index contributed by atoms with van der Waals surface area (Å²) >= 11 is 0. The van der Waals surface area contributed by atoms with E-state index in [9.17, 15) is 4.39 Å². The van der Waals surface area contributed by atoms with Crippen LogP contribution in [0.5, 0.6) is 0 Å². The van der Waals surface area contributed by atoms with Crippen LogP contribution in [0.1, 0.15) is 36.5 Å². The van der Waals surface area contributed by atoms with E-state index in [-0.39, 0.29) is 5.82 Å². The lowest BCUT2D eigenvalue weighted by Crippen LogP contribution is -2.33. The molecule has 0 radical (unpaired) electrons. The highest BCUT2D eigenvalue weighted by atomic mass is 19.1. The average Bonchev–Trinajstić information content (AvgIpc) is 2.55. The second-order valence-corrected chi connectivity index (χ2v) is 6.51. The standard InChI is InChI=1S/C20H23FN2/c1-14-8-10-23(11-9-14)20-7-4-17(13-22-20)16(3)19-6-5-18(21)12-15(19)2/h4-7,12-14H,3,8-11H2,1-2H3. The van der Waals surface area contributed by atoms with Gasteiger partial charge in [-0.15, -0.1) is 0 Å². The van der Waals surface area contributed by atoms with Gasteiger partial charge in [-0.05, 0) is 66.6 Å². The minimum absolute atomic E-state index is 0.216. The van der Waals surface area contributed by atoms with Gasteiger partial charge >= 0.3 is 0 Å². The van der Waals surface area contributed by atoms with Crippen LogP contribution in [0.4, 0.5) is 10.2 Å². The Hall–Kier alpha value is -2.16. The maximum Gasteiger partial charge on any atom is 0.128 e. The molecule has 0 spiro atoms. The maximum atomic E-state index is 13.3. The number of nitrogens with zero attached hydrogens (tertiary/aromatic N) is 2. The number of benzene rings is 1. The van der Waals surface area contributed by atoms with Crippen molar-refractivity contribution in [2.45, 2.75) is 26.7 Å². The molecule has 0 aliphatic carbocycles. The van der Waals surface area contributed by atoms with Crippen LogP contribution < -0.4 is 4.90 Å². The maximum absolute atomic E-state index is 13.3. The van der Waals surface area contributed by atoms with E-state index in [1.807, 2.05) is 13.1 Å². The summed E-state index contributed by atoms with van der Waals surface area (Å²) in [6.45, 7) is 10.5. The van der Waals surface area contributed by atoms with E-state index in [0.29, 0.717) is 0 Å². The van der Waals surface area contributed by atoms with E-state index < -0.39 is 0 Å². The molecule has 0 N–H and O–H groups in total. The molecule has 0 bridgehead atoms. The molecule has 1 aromatic heterocycles. The Morgan fingerprint density at radius 1 is 1.22 bits per heavy atom. The third-order valence-corrected chi connectivity index (χ3v) is 4.72. The molecule has 1 aromatic carbocycles. The van der Waals surface area contributed by atoms with Crippen LogP contribution in [0, 0.1) is 18.7 Å². The molecular weight excluding hydrogens is 287 g/mol. The molecular formula is C20H23FN2. The summed E-state index contributed by atoms with van der Waals surface area (Å²) < 4.78 is 13.3. The highest BCUT2D eigenvalue weighted by Gasteiger charge is 2.17. The first-order valence-electron chi connectivity index (χ1n) is 8.21. The van der Waals surface area contributed by atoms with Gasteiger partial charge in [0.05, 0.1) is 0 Å². The van der Waals surface area contributed by atoms with E-state index >= 15 is 0 Å². The fraction of sp³-hybridized carbons (Fsp3) is 0.350. The fourth-order valence-corrected chi connectivity index (χ4v) is 3.11. The lowest BCUT2D eigenvalue weighted by atomic mass is 9.96. The van der Waals surface area contributed by atoms with Gasteiger partial charge in [0.2, 0.25) is 0 Å². The average molecular weight is 310 g/mol. The monoisotopic (exact) mass is 310 g/mol. The van der Waals surface area contributed by atoms with E-state index in [1.165, 1.54) is 25.0 Å². The van der Waals surface area contributed by atoms with Crippen molar-refractivity contribution in [2.75, 3.05) is 18.0 Å². The number of pyridine rings is 1. The van der Waals surface area contributed by atoms with Crippen molar-refractivity contribution in [1.82, 2.24) is 4.98 Å². The molecule has 1 aliphatic rings. The first kappa shape index (κ1) is 15.7. The molecule has 2 heterocycles. The summed E-state index contributed by atoms with van der Waals surface area (Å²) in [6, 6.07) is 8.93. The van der Waals surface area contributed by atoms with Gasteiger partial charge in [0.25, 0.3) is 0 Å². The molecule has 2 aromatic rings. The predicted molar refractivity (Wildman–Crippen MR) is 94.1 cm³/mol. The molecule has 3 rings (SSSR count). The van der Waals surface area contributed by atoms with Crippen molar-refractivity contribution >= 4 is 11.4 Å². The zero-order chi connectivity index (χ0) is 16.4. The van der Waals surface area contributed by atoms with E-state index in [4.69, 9.17) is 0 Å². The van der Waals surface area contributed by atoms with Gasteiger partial charge in [-0.25, -0.2) is 9.37 Å². The van der Waals surface area contributed by atoms with Gasteiger partial charge in [0, 0.05) is 24.8 Å². The summed E-state index contributed by atoms with van der Waals surface area (Å²) in [6.07, 6.45) is 4.33. The number of halogens is 1. The van der Waals surface area contributed by atoms with Gasteiger partial charge in [-0.1, -0.05) is 19.6 Å². The molecule has 1 fully saturated rings. The topological polar surface area (TPSA) is 16.1 Å². The number of hydrogen-bond donors (Lipinski definition) is 0. The van der Waals surface area contributed by atoms with E-state index in [0.717, 1.165) is 47.1 Å². The van der Waals surface area contributed by atoms with Gasteiger partial charge in [0.15, 0.2) is 0 Å². The third-order valence-electron chi connectivity index (χ3n) is 4.72. The number of aromatic nitrogens is 1. The molecule has 120 valence electrons. The van der Waals surface area contributed by atoms with Crippen LogP contribution in [0.15, 0.2) is 43.1 Å². The molecule has 1 aliphatic heterocycles. The number of aryl methyl sites for hydroxylation is 1. The van der Waals surface area contributed by atoms with E-state index in [1.54, 1.807) is 6.07 Å². The number of hydrogen-bond acceptors (Lipinski definition) is 2. The van der Waals surface area contributed by atoms with Crippen LogP contribution >= 0.6 is 0 Å². The first-order chi connectivity index (χ1) is 11.0. The normalized spacial score (nSPS) is 15.7. The van der Waals surface area contributed by atoms with Gasteiger partial charge in [-0.2, -0.15) is 0 Å². The van der Waals surface area contributed by atoms with Crippen molar-refractivity contribution in [1.29, 1.82) is 0 Å². The quantitative estimate of drug-likeness (QED) is 0.807. The highest BCUT2D eigenvalue weighted by molar-refractivity contribution is 5.79. The summed E-state index contributed by atoms with van der Waals surface area (Å²) in [5, 5.41) is 0. The molecule has 23 heavy (non-hydrogen) atoms. The summed E-state index contributed by atoms with van der Waals surface area (Å²) in [7, 11) is 0. The molecule has 2 nitrogen and oxygen atoms in total. The molecule has 3 heteroatoms. The smallest absolute Gasteiger partial charge is 0.128 e. The Morgan fingerprint density at radius 2 is 1.96 bits per heavy atom.